The van der Waals surface area contributed by atoms with E-state index >= 15 is 0 Å². The van der Waals surface area contributed by atoms with Crippen molar-refractivity contribution in [3.63, 3.8) is 0 Å². The van der Waals surface area contributed by atoms with Gasteiger partial charge in [-0.3, -0.25) is 0 Å². The van der Waals surface area contributed by atoms with Gasteiger partial charge in [-0.2, -0.15) is 0 Å². The first-order chi connectivity index (χ1) is 9.67. The van der Waals surface area contributed by atoms with Gasteiger partial charge in [-0.1, -0.05) is 30.3 Å². The van der Waals surface area contributed by atoms with Crippen molar-refractivity contribution in [2.24, 2.45) is 5.73 Å². The van der Waals surface area contributed by atoms with Crippen molar-refractivity contribution in [1.82, 2.24) is 4.98 Å². The Balaban J connectivity index is 2.14. The lowest BCUT2D eigenvalue weighted by molar-refractivity contribution is 1.07. The zero-order valence-corrected chi connectivity index (χ0v) is 11.4. The van der Waals surface area contributed by atoms with Crippen LogP contribution in [0.5, 0.6) is 0 Å². The molecule has 3 nitrogen and oxygen atoms in total. The number of nitrogens with zero attached hydrogens (tertiary/aromatic N) is 1. The number of anilines is 1. The number of aryl methyl sites for hydroxylation is 1. The second kappa shape index (κ2) is 4.94. The number of nitrogen functional groups attached to an aromatic ring is 1. The fraction of sp³-hybridized carbons (Fsp3) is 0.118. The molecule has 0 saturated heterocycles. The molecule has 4 N–H and O–H groups in total. The summed E-state index contributed by atoms with van der Waals surface area (Å²) in [5.74, 6) is 0.588. The van der Waals surface area contributed by atoms with E-state index in [4.69, 9.17) is 11.5 Å². The largest absolute Gasteiger partial charge is 0.383 e. The summed E-state index contributed by atoms with van der Waals surface area (Å²) in [7, 11) is 0. The molecule has 0 aliphatic heterocycles. The summed E-state index contributed by atoms with van der Waals surface area (Å²) >= 11 is 0. The van der Waals surface area contributed by atoms with Gasteiger partial charge in [0.05, 0.1) is 5.52 Å². The number of fused-ring (bicyclic) bond motifs is 1. The van der Waals surface area contributed by atoms with Crippen molar-refractivity contribution in [2.75, 3.05) is 5.73 Å². The highest BCUT2D eigenvalue weighted by atomic mass is 14.8. The van der Waals surface area contributed by atoms with E-state index in [9.17, 15) is 0 Å². The molecule has 3 rings (SSSR count). The molecular weight excluding hydrogens is 246 g/mol. The predicted molar refractivity (Wildman–Crippen MR) is 84.2 cm³/mol. The lowest BCUT2D eigenvalue weighted by Crippen LogP contribution is -1.96. The Morgan fingerprint density at radius 3 is 2.60 bits per heavy atom. The molecule has 0 amide bonds. The Kier molecular flexibility index (Phi) is 3.12. The summed E-state index contributed by atoms with van der Waals surface area (Å²) in [6, 6.07) is 16.6. The molecular formula is C17H17N3. The molecule has 0 aliphatic carbocycles. The number of benzene rings is 2. The molecule has 2 aromatic carbocycles. The first-order valence-corrected chi connectivity index (χ1v) is 6.63. The third kappa shape index (κ3) is 2.24. The van der Waals surface area contributed by atoms with E-state index in [1.54, 1.807) is 0 Å². The van der Waals surface area contributed by atoms with Gasteiger partial charge < -0.3 is 11.5 Å². The highest BCUT2D eigenvalue weighted by Crippen LogP contribution is 2.26. The Labute approximate surface area is 118 Å². The van der Waals surface area contributed by atoms with Gasteiger partial charge in [0.2, 0.25) is 0 Å². The SMILES string of the molecule is Cc1cc2ccc(-c3cccc(CN)c3)cc2nc1N. The molecule has 0 saturated carbocycles. The van der Waals surface area contributed by atoms with Crippen LogP contribution >= 0.6 is 0 Å². The number of aromatic nitrogens is 1. The van der Waals surface area contributed by atoms with Crippen molar-refractivity contribution in [3.05, 3.63) is 59.7 Å². The van der Waals surface area contributed by atoms with E-state index in [1.807, 2.05) is 19.1 Å². The molecule has 0 radical (unpaired) electrons. The average molecular weight is 263 g/mol. The van der Waals surface area contributed by atoms with Gasteiger partial charge in [-0.05, 0) is 47.4 Å². The van der Waals surface area contributed by atoms with Gasteiger partial charge in [0.25, 0.3) is 0 Å². The maximum atomic E-state index is 5.89. The zero-order chi connectivity index (χ0) is 14.1. The van der Waals surface area contributed by atoms with E-state index in [0.717, 1.165) is 33.2 Å². The Hall–Kier alpha value is -2.39. The lowest BCUT2D eigenvalue weighted by atomic mass is 10.0. The van der Waals surface area contributed by atoms with Gasteiger partial charge in [-0.15, -0.1) is 0 Å². The van der Waals surface area contributed by atoms with E-state index in [2.05, 4.69) is 41.4 Å². The summed E-state index contributed by atoms with van der Waals surface area (Å²) in [5.41, 5.74) is 16.9. The van der Waals surface area contributed by atoms with E-state index in [0.29, 0.717) is 12.4 Å². The maximum Gasteiger partial charge on any atom is 0.127 e. The normalized spacial score (nSPS) is 10.9. The minimum absolute atomic E-state index is 0.547. The van der Waals surface area contributed by atoms with Crippen LogP contribution in [0.3, 0.4) is 0 Å². The lowest BCUT2D eigenvalue weighted by Gasteiger charge is -2.07. The number of hydrogen-bond donors (Lipinski definition) is 2. The Morgan fingerprint density at radius 2 is 1.80 bits per heavy atom. The molecule has 0 unspecified atom stereocenters. The molecule has 1 aromatic heterocycles. The monoisotopic (exact) mass is 263 g/mol. The summed E-state index contributed by atoms with van der Waals surface area (Å²) < 4.78 is 0. The van der Waals surface area contributed by atoms with E-state index < -0.39 is 0 Å². The quantitative estimate of drug-likeness (QED) is 0.746. The summed E-state index contributed by atoms with van der Waals surface area (Å²) in [4.78, 5) is 4.46. The van der Waals surface area contributed by atoms with Crippen LogP contribution in [0, 0.1) is 6.92 Å². The first kappa shape index (κ1) is 12.6. The minimum atomic E-state index is 0.547. The van der Waals surface area contributed by atoms with Crippen molar-refractivity contribution in [3.8, 4) is 11.1 Å². The van der Waals surface area contributed by atoms with E-state index in [-0.39, 0.29) is 0 Å². The van der Waals surface area contributed by atoms with Crippen LogP contribution in [-0.4, -0.2) is 4.98 Å². The molecule has 1 heterocycles. The highest BCUT2D eigenvalue weighted by molar-refractivity contribution is 5.86. The number of pyridine rings is 1. The van der Waals surface area contributed by atoms with Crippen LogP contribution in [0.2, 0.25) is 0 Å². The predicted octanol–water partition coefficient (Wildman–Crippen LogP) is 3.25. The molecule has 3 heteroatoms. The maximum absolute atomic E-state index is 5.89. The third-order valence-electron chi connectivity index (χ3n) is 3.54. The van der Waals surface area contributed by atoms with Gasteiger partial charge >= 0.3 is 0 Å². The number of nitrogens with two attached hydrogens (primary N) is 2. The molecule has 20 heavy (non-hydrogen) atoms. The molecule has 0 fully saturated rings. The molecule has 0 bridgehead atoms. The number of rotatable bonds is 2. The van der Waals surface area contributed by atoms with Crippen molar-refractivity contribution >= 4 is 16.7 Å². The summed E-state index contributed by atoms with van der Waals surface area (Å²) in [5, 5.41) is 1.11. The summed E-state index contributed by atoms with van der Waals surface area (Å²) in [6.45, 7) is 2.52. The molecule has 3 aromatic rings. The topological polar surface area (TPSA) is 64.9 Å². The number of hydrogen-bond acceptors (Lipinski definition) is 3. The Bertz CT molecular complexity index is 778. The molecule has 100 valence electrons. The molecule has 0 spiro atoms. The fourth-order valence-corrected chi connectivity index (χ4v) is 2.35. The van der Waals surface area contributed by atoms with Crippen LogP contribution in [0.15, 0.2) is 48.5 Å². The molecule has 0 atom stereocenters. The van der Waals surface area contributed by atoms with Crippen molar-refractivity contribution in [1.29, 1.82) is 0 Å². The Morgan fingerprint density at radius 1 is 1.00 bits per heavy atom. The van der Waals surface area contributed by atoms with Crippen molar-refractivity contribution < 1.29 is 0 Å². The van der Waals surface area contributed by atoms with Gasteiger partial charge in [0.1, 0.15) is 5.82 Å². The zero-order valence-electron chi connectivity index (χ0n) is 11.4. The van der Waals surface area contributed by atoms with Crippen LogP contribution < -0.4 is 11.5 Å². The van der Waals surface area contributed by atoms with E-state index in [1.165, 1.54) is 0 Å². The molecule has 0 aliphatic rings. The van der Waals surface area contributed by atoms with Crippen LogP contribution in [0.25, 0.3) is 22.0 Å². The van der Waals surface area contributed by atoms with Crippen molar-refractivity contribution in [2.45, 2.75) is 13.5 Å². The van der Waals surface area contributed by atoms with Gasteiger partial charge in [0, 0.05) is 11.9 Å². The third-order valence-corrected chi connectivity index (χ3v) is 3.54. The first-order valence-electron chi connectivity index (χ1n) is 6.63. The minimum Gasteiger partial charge on any atom is -0.383 e. The fourth-order valence-electron chi connectivity index (χ4n) is 2.35. The van der Waals surface area contributed by atoms with Crippen LogP contribution in [-0.2, 0) is 6.54 Å². The average Bonchev–Trinajstić information content (AvgIpc) is 2.48. The smallest absolute Gasteiger partial charge is 0.127 e. The highest BCUT2D eigenvalue weighted by Gasteiger charge is 2.04. The van der Waals surface area contributed by atoms with Crippen LogP contribution in [0.4, 0.5) is 5.82 Å². The standard InChI is InChI=1S/C17H17N3/c1-11-7-15-6-5-14(9-16(15)20-17(11)19)13-4-2-3-12(8-13)10-18/h2-9H,10,18H2,1H3,(H2,19,20). The summed E-state index contributed by atoms with van der Waals surface area (Å²) in [6.07, 6.45) is 0. The second-order valence-electron chi connectivity index (χ2n) is 5.00. The van der Waals surface area contributed by atoms with Crippen LogP contribution in [0.1, 0.15) is 11.1 Å². The van der Waals surface area contributed by atoms with Gasteiger partial charge in [0.15, 0.2) is 0 Å². The van der Waals surface area contributed by atoms with Gasteiger partial charge in [-0.25, -0.2) is 4.98 Å². The second-order valence-corrected chi connectivity index (χ2v) is 5.00.